The molecule has 0 aliphatic heterocycles. The van der Waals surface area contributed by atoms with Gasteiger partial charge in [-0.1, -0.05) is 6.07 Å². The summed E-state index contributed by atoms with van der Waals surface area (Å²) < 4.78 is 6.31. The number of hydrogen-bond donors (Lipinski definition) is 5. The zero-order valence-corrected chi connectivity index (χ0v) is 17.8. The largest absolute Gasteiger partial charge is 0.429 e. The maximum absolute atomic E-state index is 12.2. The van der Waals surface area contributed by atoms with Gasteiger partial charge in [-0.2, -0.15) is 0 Å². The molecule has 0 aliphatic carbocycles. The molecule has 0 aromatic carbocycles. The number of nitrogens with two attached hydrogens (primary N) is 3. The Balaban J connectivity index is 0.000000751. The van der Waals surface area contributed by atoms with E-state index in [1.165, 1.54) is 12.1 Å². The first-order valence-electron chi connectivity index (χ1n) is 9.55. The minimum atomic E-state index is -1.06. The van der Waals surface area contributed by atoms with Crippen LogP contribution in [-0.4, -0.2) is 42.8 Å². The SMILES string of the molecule is Cc1cccc(-c2nc3cc(C(=O)OC(=O)NN)ccn3c2-c2ccnc(N)n2)n1.NNC=O. The summed E-state index contributed by atoms with van der Waals surface area (Å²) in [7, 11) is 0. The average Bonchev–Trinajstić information content (AvgIpc) is 3.23. The summed E-state index contributed by atoms with van der Waals surface area (Å²) in [4.78, 5) is 49.7. The Kier molecular flexibility index (Phi) is 7.38. The lowest BCUT2D eigenvalue weighted by Gasteiger charge is -2.06. The second-order valence-corrected chi connectivity index (χ2v) is 6.52. The molecule has 0 aliphatic rings. The highest BCUT2D eigenvalue weighted by molar-refractivity contribution is 5.97. The number of amides is 2. The Bertz CT molecular complexity index is 1350. The topological polar surface area (TPSA) is 219 Å². The molecule has 0 fully saturated rings. The van der Waals surface area contributed by atoms with Crippen molar-refractivity contribution in [1.82, 2.24) is 35.2 Å². The summed E-state index contributed by atoms with van der Waals surface area (Å²) in [6, 6.07) is 10.2. The van der Waals surface area contributed by atoms with Crippen molar-refractivity contribution in [1.29, 1.82) is 0 Å². The number of esters is 1. The minimum absolute atomic E-state index is 0.110. The van der Waals surface area contributed by atoms with Crippen LogP contribution in [0.1, 0.15) is 16.1 Å². The van der Waals surface area contributed by atoms with Gasteiger partial charge in [0.1, 0.15) is 17.0 Å². The number of carbonyl (C=O) groups excluding carboxylic acids is 3. The average molecular weight is 464 g/mol. The Morgan fingerprint density at radius 1 is 1.09 bits per heavy atom. The molecule has 4 heterocycles. The fourth-order valence-electron chi connectivity index (χ4n) is 2.95. The van der Waals surface area contributed by atoms with Crippen LogP contribution in [0.2, 0.25) is 0 Å². The quantitative estimate of drug-likeness (QED) is 0.0680. The normalized spacial score (nSPS) is 10.1. The lowest BCUT2D eigenvalue weighted by atomic mass is 10.1. The maximum Gasteiger partial charge on any atom is 0.429 e. The van der Waals surface area contributed by atoms with Crippen molar-refractivity contribution in [3.8, 4) is 22.8 Å². The van der Waals surface area contributed by atoms with E-state index in [9.17, 15) is 9.59 Å². The predicted octanol–water partition coefficient (Wildman–Crippen LogP) is 0.0901. The van der Waals surface area contributed by atoms with E-state index in [-0.39, 0.29) is 11.5 Å². The van der Waals surface area contributed by atoms with E-state index in [2.05, 4.69) is 30.5 Å². The molecule has 0 saturated heterocycles. The number of rotatable bonds is 4. The number of hydrazine groups is 2. The van der Waals surface area contributed by atoms with E-state index in [0.717, 1.165) is 5.69 Å². The highest BCUT2D eigenvalue weighted by atomic mass is 16.6. The van der Waals surface area contributed by atoms with Crippen molar-refractivity contribution in [2.75, 3.05) is 5.73 Å². The number of pyridine rings is 2. The molecule has 0 radical (unpaired) electrons. The van der Waals surface area contributed by atoms with E-state index in [1.807, 2.05) is 25.1 Å². The zero-order valence-electron chi connectivity index (χ0n) is 17.8. The van der Waals surface area contributed by atoms with Gasteiger partial charge in [0, 0.05) is 18.1 Å². The summed E-state index contributed by atoms with van der Waals surface area (Å²) in [5.74, 6) is 8.59. The maximum atomic E-state index is 12.2. The zero-order chi connectivity index (χ0) is 24.7. The van der Waals surface area contributed by atoms with Gasteiger partial charge in [-0.25, -0.2) is 36.2 Å². The molecule has 8 N–H and O–H groups in total. The fourth-order valence-corrected chi connectivity index (χ4v) is 2.95. The van der Waals surface area contributed by atoms with Gasteiger partial charge >= 0.3 is 12.1 Å². The third-order valence-electron chi connectivity index (χ3n) is 4.28. The van der Waals surface area contributed by atoms with Gasteiger partial charge in [-0.15, -0.1) is 0 Å². The first-order chi connectivity index (χ1) is 16.4. The molecule has 174 valence electrons. The summed E-state index contributed by atoms with van der Waals surface area (Å²) >= 11 is 0. The van der Waals surface area contributed by atoms with Crippen molar-refractivity contribution < 1.29 is 19.1 Å². The molecule has 4 rings (SSSR count). The molecule has 0 saturated carbocycles. The Labute approximate surface area is 192 Å². The van der Waals surface area contributed by atoms with Gasteiger partial charge in [0.15, 0.2) is 0 Å². The molecule has 2 amide bonds. The number of carbonyl (C=O) groups is 3. The molecular formula is C20H20N10O4. The summed E-state index contributed by atoms with van der Waals surface area (Å²) in [5, 5.41) is 0. The monoisotopic (exact) mass is 464 g/mol. The second kappa shape index (κ2) is 10.6. The van der Waals surface area contributed by atoms with Crippen LogP contribution in [0.3, 0.4) is 0 Å². The van der Waals surface area contributed by atoms with Crippen LogP contribution in [0.4, 0.5) is 10.7 Å². The van der Waals surface area contributed by atoms with Gasteiger partial charge in [-0.05, 0) is 37.3 Å². The molecule has 14 heteroatoms. The molecule has 14 nitrogen and oxygen atoms in total. The van der Waals surface area contributed by atoms with E-state index in [1.54, 1.807) is 33.7 Å². The first-order valence-corrected chi connectivity index (χ1v) is 9.55. The van der Waals surface area contributed by atoms with Crippen LogP contribution in [0.15, 0.2) is 48.8 Å². The van der Waals surface area contributed by atoms with Crippen LogP contribution in [-0.2, 0) is 9.53 Å². The van der Waals surface area contributed by atoms with Crippen LogP contribution in [0.25, 0.3) is 28.4 Å². The van der Waals surface area contributed by atoms with Crippen molar-refractivity contribution in [2.45, 2.75) is 6.92 Å². The number of nitrogens with zero attached hydrogens (tertiary/aromatic N) is 5. The van der Waals surface area contributed by atoms with Crippen LogP contribution in [0, 0.1) is 6.92 Å². The summed E-state index contributed by atoms with van der Waals surface area (Å²) in [6.45, 7) is 1.87. The number of ether oxygens (including phenoxy) is 1. The van der Waals surface area contributed by atoms with E-state index >= 15 is 0 Å². The van der Waals surface area contributed by atoms with E-state index < -0.39 is 12.1 Å². The molecule has 0 bridgehead atoms. The van der Waals surface area contributed by atoms with Gasteiger partial charge in [0.2, 0.25) is 12.4 Å². The van der Waals surface area contributed by atoms with Gasteiger partial charge in [0.25, 0.3) is 0 Å². The third-order valence-corrected chi connectivity index (χ3v) is 4.28. The second-order valence-electron chi connectivity index (χ2n) is 6.52. The minimum Gasteiger partial charge on any atom is -0.372 e. The van der Waals surface area contributed by atoms with Crippen LogP contribution in [0.5, 0.6) is 0 Å². The number of nitrogens with one attached hydrogen (secondary N) is 2. The Hall–Kier alpha value is -4.95. The standard InChI is InChI=1S/C19H16N8O3.CH4N2O/c1-10-3-2-4-12(23-10)15-16(13-5-7-22-18(20)24-13)27-8-6-11(9-14(27)25-15)17(28)30-19(29)26-21;2-3-1-4/h2-9H,21H2,1H3,(H,26,29)(H2,20,22,24);1H,2H2,(H,3,4). The summed E-state index contributed by atoms with van der Waals surface area (Å²) in [5.41, 5.74) is 12.9. The number of aromatic nitrogens is 5. The number of anilines is 1. The Morgan fingerprint density at radius 3 is 2.50 bits per heavy atom. The highest BCUT2D eigenvalue weighted by Gasteiger charge is 2.20. The number of fused-ring (bicyclic) bond motifs is 1. The molecule has 0 atom stereocenters. The third kappa shape index (κ3) is 5.26. The molecule has 4 aromatic heterocycles. The summed E-state index contributed by atoms with van der Waals surface area (Å²) in [6.07, 6.45) is 2.50. The molecule has 4 aromatic rings. The molecule has 34 heavy (non-hydrogen) atoms. The van der Waals surface area contributed by atoms with Gasteiger partial charge in [0.05, 0.1) is 17.0 Å². The van der Waals surface area contributed by atoms with E-state index in [0.29, 0.717) is 34.8 Å². The lowest BCUT2D eigenvalue weighted by Crippen LogP contribution is -2.32. The Morgan fingerprint density at radius 2 is 1.85 bits per heavy atom. The first kappa shape index (κ1) is 23.7. The predicted molar refractivity (Wildman–Crippen MR) is 120 cm³/mol. The van der Waals surface area contributed by atoms with Gasteiger partial charge in [-0.3, -0.25) is 25.0 Å². The molecule has 0 unspecified atom stereocenters. The number of imidazole rings is 1. The van der Waals surface area contributed by atoms with Crippen molar-refractivity contribution >= 4 is 30.1 Å². The van der Waals surface area contributed by atoms with Crippen LogP contribution < -0.4 is 28.3 Å². The van der Waals surface area contributed by atoms with Crippen LogP contribution >= 0.6 is 0 Å². The van der Waals surface area contributed by atoms with Crippen molar-refractivity contribution in [3.05, 3.63) is 60.0 Å². The van der Waals surface area contributed by atoms with E-state index in [4.69, 9.17) is 16.4 Å². The number of aryl methyl sites for hydroxylation is 1. The van der Waals surface area contributed by atoms with Gasteiger partial charge < -0.3 is 10.5 Å². The lowest BCUT2D eigenvalue weighted by molar-refractivity contribution is -0.109. The smallest absolute Gasteiger partial charge is 0.372 e. The number of nitrogen functional groups attached to an aromatic ring is 1. The van der Waals surface area contributed by atoms with Crippen molar-refractivity contribution in [3.63, 3.8) is 0 Å². The molecular weight excluding hydrogens is 444 g/mol. The fraction of sp³-hybridized carbons (Fsp3) is 0.0500. The highest BCUT2D eigenvalue weighted by Crippen LogP contribution is 2.31. The van der Waals surface area contributed by atoms with Crippen molar-refractivity contribution in [2.24, 2.45) is 11.7 Å². The molecule has 0 spiro atoms. The number of hydrogen-bond acceptors (Lipinski definition) is 11.